The van der Waals surface area contributed by atoms with Gasteiger partial charge in [-0.3, -0.25) is 0 Å². The number of ether oxygens (including phenoxy) is 1. The first-order valence-electron chi connectivity index (χ1n) is 5.41. The van der Waals surface area contributed by atoms with Crippen LogP contribution < -0.4 is 5.59 Å². The molecule has 0 aliphatic heterocycles. The van der Waals surface area contributed by atoms with Crippen molar-refractivity contribution in [2.75, 3.05) is 20.0 Å². The molecule has 0 amide bonds. The molecular formula is C11H14BN3OS. The van der Waals surface area contributed by atoms with E-state index in [2.05, 4.69) is 9.97 Å². The molecule has 0 atom stereocenters. The van der Waals surface area contributed by atoms with E-state index in [1.165, 1.54) is 0 Å². The van der Waals surface area contributed by atoms with Crippen LogP contribution in [0.4, 0.5) is 0 Å². The molecule has 0 bridgehead atoms. The molecule has 0 saturated carbocycles. The molecule has 0 fully saturated rings. The van der Waals surface area contributed by atoms with Gasteiger partial charge in [-0.25, -0.2) is 9.97 Å². The summed E-state index contributed by atoms with van der Waals surface area (Å²) in [7, 11) is 7.57. The lowest BCUT2D eigenvalue weighted by atomic mass is 10.1. The monoisotopic (exact) mass is 247 g/mol. The molecular weight excluding hydrogens is 233 g/mol. The smallest absolute Gasteiger partial charge is 0.168 e. The molecule has 2 aromatic heterocycles. The van der Waals surface area contributed by atoms with Crippen LogP contribution in [0.25, 0.3) is 5.65 Å². The second-order valence-corrected chi connectivity index (χ2v) is 4.51. The van der Waals surface area contributed by atoms with Crippen LogP contribution in [0.5, 0.6) is 0 Å². The SMILES string of the molecule is [B]c1cnc2c(SC)nc(CCCOC)cn12. The molecule has 2 heterocycles. The van der Waals surface area contributed by atoms with Crippen LogP contribution >= 0.6 is 11.8 Å². The van der Waals surface area contributed by atoms with Crippen molar-refractivity contribution >= 4 is 30.8 Å². The Morgan fingerprint density at radius 3 is 3.06 bits per heavy atom. The number of rotatable bonds is 5. The Hall–Kier alpha value is -1.01. The van der Waals surface area contributed by atoms with E-state index in [4.69, 9.17) is 12.6 Å². The van der Waals surface area contributed by atoms with Gasteiger partial charge in [0.2, 0.25) is 0 Å². The minimum Gasteiger partial charge on any atom is -0.385 e. The summed E-state index contributed by atoms with van der Waals surface area (Å²) in [5.41, 5.74) is 2.49. The van der Waals surface area contributed by atoms with Crippen molar-refractivity contribution in [2.24, 2.45) is 0 Å². The average Bonchev–Trinajstić information content (AvgIpc) is 2.71. The number of imidazole rings is 1. The predicted octanol–water partition coefficient (Wildman–Crippen LogP) is 0.824. The first-order valence-corrected chi connectivity index (χ1v) is 6.64. The first kappa shape index (κ1) is 12.5. The number of aromatic nitrogens is 3. The van der Waals surface area contributed by atoms with Crippen LogP contribution in [0.3, 0.4) is 0 Å². The van der Waals surface area contributed by atoms with Gasteiger partial charge in [-0.2, -0.15) is 0 Å². The molecule has 2 rings (SSSR count). The molecule has 0 aromatic carbocycles. The maximum atomic E-state index is 5.86. The van der Waals surface area contributed by atoms with E-state index in [0.717, 1.165) is 35.8 Å². The van der Waals surface area contributed by atoms with Gasteiger partial charge in [0.1, 0.15) is 12.9 Å². The van der Waals surface area contributed by atoms with Gasteiger partial charge in [-0.05, 0) is 24.7 Å². The van der Waals surface area contributed by atoms with E-state index in [1.807, 2.05) is 16.9 Å². The zero-order chi connectivity index (χ0) is 12.3. The molecule has 0 spiro atoms. The fraction of sp³-hybridized carbons (Fsp3) is 0.455. The molecule has 0 aliphatic carbocycles. The van der Waals surface area contributed by atoms with Gasteiger partial charge in [0, 0.05) is 26.1 Å². The van der Waals surface area contributed by atoms with E-state index >= 15 is 0 Å². The predicted molar refractivity (Wildman–Crippen MR) is 70.4 cm³/mol. The standard InChI is InChI=1S/C11H14BN3OS/c1-16-5-3-4-8-7-15-9(12)6-13-10(15)11(14-8)17-2/h6-7H,3-5H2,1-2H3. The van der Waals surface area contributed by atoms with Gasteiger partial charge < -0.3 is 9.14 Å². The number of hydrogen-bond donors (Lipinski definition) is 0. The van der Waals surface area contributed by atoms with Gasteiger partial charge in [-0.15, -0.1) is 11.8 Å². The van der Waals surface area contributed by atoms with Crippen molar-refractivity contribution in [3.8, 4) is 0 Å². The van der Waals surface area contributed by atoms with Crippen molar-refractivity contribution in [1.29, 1.82) is 0 Å². The maximum absolute atomic E-state index is 5.86. The molecule has 0 saturated heterocycles. The van der Waals surface area contributed by atoms with Crippen LogP contribution in [0.2, 0.25) is 0 Å². The van der Waals surface area contributed by atoms with Crippen molar-refractivity contribution in [3.05, 3.63) is 18.1 Å². The number of hydrogen-bond acceptors (Lipinski definition) is 4. The van der Waals surface area contributed by atoms with E-state index in [0.29, 0.717) is 5.59 Å². The Morgan fingerprint density at radius 2 is 2.35 bits per heavy atom. The molecule has 0 unspecified atom stereocenters. The summed E-state index contributed by atoms with van der Waals surface area (Å²) >= 11 is 1.58. The Bertz CT molecular complexity index is 515. The van der Waals surface area contributed by atoms with Gasteiger partial charge >= 0.3 is 0 Å². The van der Waals surface area contributed by atoms with Crippen molar-refractivity contribution in [3.63, 3.8) is 0 Å². The fourth-order valence-corrected chi connectivity index (χ4v) is 2.22. The van der Waals surface area contributed by atoms with Crippen LogP contribution in [0, 0.1) is 0 Å². The lowest BCUT2D eigenvalue weighted by Crippen LogP contribution is -2.11. The highest BCUT2D eigenvalue weighted by molar-refractivity contribution is 7.98. The summed E-state index contributed by atoms with van der Waals surface area (Å²) in [6.07, 6.45) is 7.45. The summed E-state index contributed by atoms with van der Waals surface area (Å²) < 4.78 is 6.93. The number of fused-ring (bicyclic) bond motifs is 1. The van der Waals surface area contributed by atoms with Crippen molar-refractivity contribution < 1.29 is 4.74 Å². The third kappa shape index (κ3) is 2.64. The summed E-state index contributed by atoms with van der Waals surface area (Å²) in [6, 6.07) is 0. The highest BCUT2D eigenvalue weighted by Crippen LogP contribution is 2.17. The van der Waals surface area contributed by atoms with E-state index in [-0.39, 0.29) is 0 Å². The quantitative estimate of drug-likeness (QED) is 0.445. The molecule has 17 heavy (non-hydrogen) atoms. The fourth-order valence-electron chi connectivity index (χ4n) is 1.68. The minimum absolute atomic E-state index is 0.644. The van der Waals surface area contributed by atoms with Gasteiger partial charge in [0.25, 0.3) is 0 Å². The number of aryl methyl sites for hydroxylation is 1. The molecule has 2 radical (unpaired) electrons. The second kappa shape index (κ2) is 5.55. The molecule has 88 valence electrons. The van der Waals surface area contributed by atoms with Crippen molar-refractivity contribution in [2.45, 2.75) is 17.9 Å². The zero-order valence-electron chi connectivity index (χ0n) is 10.0. The lowest BCUT2D eigenvalue weighted by Gasteiger charge is -2.06. The van der Waals surface area contributed by atoms with Gasteiger partial charge in [-0.1, -0.05) is 0 Å². The topological polar surface area (TPSA) is 39.4 Å². The third-order valence-corrected chi connectivity index (χ3v) is 3.18. The molecule has 4 nitrogen and oxygen atoms in total. The third-order valence-electron chi connectivity index (χ3n) is 2.51. The van der Waals surface area contributed by atoms with Crippen LogP contribution in [0.1, 0.15) is 12.1 Å². The highest BCUT2D eigenvalue weighted by Gasteiger charge is 2.08. The highest BCUT2D eigenvalue weighted by atomic mass is 32.2. The van der Waals surface area contributed by atoms with Gasteiger partial charge in [0.15, 0.2) is 5.65 Å². The largest absolute Gasteiger partial charge is 0.385 e. The van der Waals surface area contributed by atoms with Crippen LogP contribution in [-0.4, -0.2) is 42.2 Å². The number of thioether (sulfide) groups is 1. The summed E-state index contributed by atoms with van der Waals surface area (Å²) in [5.74, 6) is 0. The summed E-state index contributed by atoms with van der Waals surface area (Å²) in [4.78, 5) is 8.83. The minimum atomic E-state index is 0.644. The zero-order valence-corrected chi connectivity index (χ0v) is 10.8. The van der Waals surface area contributed by atoms with E-state index in [1.54, 1.807) is 25.1 Å². The van der Waals surface area contributed by atoms with Crippen molar-refractivity contribution in [1.82, 2.24) is 14.4 Å². The lowest BCUT2D eigenvalue weighted by molar-refractivity contribution is 0.195. The molecule has 6 heteroatoms. The summed E-state index contributed by atoms with van der Waals surface area (Å²) in [6.45, 7) is 0.744. The Balaban J connectivity index is 2.33. The van der Waals surface area contributed by atoms with Crippen LogP contribution in [-0.2, 0) is 11.2 Å². The Morgan fingerprint density at radius 1 is 1.53 bits per heavy atom. The number of methoxy groups -OCH3 is 1. The number of nitrogens with zero attached hydrogens (tertiary/aromatic N) is 3. The normalized spacial score (nSPS) is 11.2. The maximum Gasteiger partial charge on any atom is 0.168 e. The second-order valence-electron chi connectivity index (χ2n) is 3.71. The summed E-state index contributed by atoms with van der Waals surface area (Å²) in [5, 5.41) is 0.914. The molecule has 0 N–H and O–H groups in total. The average molecular weight is 247 g/mol. The molecule has 0 aliphatic rings. The van der Waals surface area contributed by atoms with Crippen LogP contribution in [0.15, 0.2) is 17.4 Å². The van der Waals surface area contributed by atoms with E-state index < -0.39 is 0 Å². The first-order chi connectivity index (χ1) is 8.26. The van der Waals surface area contributed by atoms with Gasteiger partial charge in [0.05, 0.1) is 5.69 Å². The van der Waals surface area contributed by atoms with E-state index in [9.17, 15) is 0 Å². The Labute approximate surface area is 106 Å². The Kier molecular flexibility index (Phi) is 4.07. The molecule has 2 aromatic rings.